The number of imide groups is 1. The molecule has 2 N–H and O–H groups in total. The molecule has 0 saturated heterocycles. The van der Waals surface area contributed by atoms with Crippen LogP contribution in [-0.4, -0.2) is 32.5 Å². The molecule has 1 fully saturated rings. The standard InChI is InChI=1S/C22H22ClN5O3S/c23-17-8-4-5-9-18(17)31-13-19-26-27-22(28(19)16-10-11-16)32-14-20(29)25-21(30)24-12-15-6-2-1-3-7-15/h1-9,16H,10-14H2,(H2,24,25,29,30). The van der Waals surface area contributed by atoms with Crippen LogP contribution in [0.15, 0.2) is 59.8 Å². The van der Waals surface area contributed by atoms with Crippen molar-refractivity contribution in [2.24, 2.45) is 0 Å². The fourth-order valence-corrected chi connectivity index (χ4v) is 4.04. The van der Waals surface area contributed by atoms with E-state index in [0.717, 1.165) is 18.4 Å². The lowest BCUT2D eigenvalue weighted by Crippen LogP contribution is -2.40. The molecule has 8 nitrogen and oxygen atoms in total. The van der Waals surface area contributed by atoms with E-state index in [-0.39, 0.29) is 12.4 Å². The summed E-state index contributed by atoms with van der Waals surface area (Å²) in [6, 6.07) is 16.5. The number of halogens is 1. The van der Waals surface area contributed by atoms with Gasteiger partial charge in [0.1, 0.15) is 12.4 Å². The second kappa shape index (κ2) is 10.5. The number of rotatable bonds is 9. The Bertz CT molecular complexity index is 1090. The van der Waals surface area contributed by atoms with Crippen molar-refractivity contribution in [3.63, 3.8) is 0 Å². The maximum Gasteiger partial charge on any atom is 0.321 e. The topological polar surface area (TPSA) is 98.1 Å². The number of para-hydroxylation sites is 1. The van der Waals surface area contributed by atoms with E-state index in [4.69, 9.17) is 16.3 Å². The van der Waals surface area contributed by atoms with Crippen molar-refractivity contribution in [2.75, 3.05) is 5.75 Å². The first-order valence-corrected chi connectivity index (χ1v) is 11.5. The van der Waals surface area contributed by atoms with E-state index >= 15 is 0 Å². The molecule has 0 aliphatic heterocycles. The van der Waals surface area contributed by atoms with Gasteiger partial charge in [0.25, 0.3) is 0 Å². The Hall–Kier alpha value is -3.04. The predicted molar refractivity (Wildman–Crippen MR) is 122 cm³/mol. The Morgan fingerprint density at radius 1 is 1.09 bits per heavy atom. The van der Waals surface area contributed by atoms with Crippen LogP contribution < -0.4 is 15.4 Å². The molecule has 32 heavy (non-hydrogen) atoms. The summed E-state index contributed by atoms with van der Waals surface area (Å²) in [4.78, 5) is 24.2. The van der Waals surface area contributed by atoms with E-state index < -0.39 is 11.9 Å². The quantitative estimate of drug-likeness (QED) is 0.458. The summed E-state index contributed by atoms with van der Waals surface area (Å²) < 4.78 is 7.80. The first-order chi connectivity index (χ1) is 15.6. The zero-order valence-corrected chi connectivity index (χ0v) is 18.7. The zero-order valence-electron chi connectivity index (χ0n) is 17.2. The largest absolute Gasteiger partial charge is 0.484 e. The minimum atomic E-state index is -0.531. The van der Waals surface area contributed by atoms with Crippen molar-refractivity contribution in [1.29, 1.82) is 0 Å². The van der Waals surface area contributed by atoms with Gasteiger partial charge in [0, 0.05) is 12.6 Å². The monoisotopic (exact) mass is 471 g/mol. The van der Waals surface area contributed by atoms with Gasteiger partial charge in [-0.2, -0.15) is 0 Å². The molecule has 166 valence electrons. The van der Waals surface area contributed by atoms with Crippen LogP contribution in [0.1, 0.15) is 30.3 Å². The van der Waals surface area contributed by atoms with Gasteiger partial charge in [0.2, 0.25) is 5.91 Å². The summed E-state index contributed by atoms with van der Waals surface area (Å²) in [7, 11) is 0. The van der Waals surface area contributed by atoms with Gasteiger partial charge in [-0.05, 0) is 30.5 Å². The number of carbonyl (C=O) groups is 2. The van der Waals surface area contributed by atoms with E-state index in [9.17, 15) is 9.59 Å². The first kappa shape index (κ1) is 22.2. The number of amides is 3. The number of aromatic nitrogens is 3. The number of benzene rings is 2. The predicted octanol–water partition coefficient (Wildman–Crippen LogP) is 3.96. The van der Waals surface area contributed by atoms with E-state index in [1.165, 1.54) is 11.8 Å². The van der Waals surface area contributed by atoms with Gasteiger partial charge in [-0.25, -0.2) is 4.79 Å². The Kier molecular flexibility index (Phi) is 7.28. The van der Waals surface area contributed by atoms with E-state index in [1.807, 2.05) is 47.0 Å². The number of thioether (sulfide) groups is 1. The first-order valence-electron chi connectivity index (χ1n) is 10.2. The van der Waals surface area contributed by atoms with Crippen LogP contribution in [0.2, 0.25) is 5.02 Å². The maximum atomic E-state index is 12.2. The molecule has 0 radical (unpaired) electrons. The zero-order chi connectivity index (χ0) is 22.3. The summed E-state index contributed by atoms with van der Waals surface area (Å²) in [5.41, 5.74) is 0.952. The van der Waals surface area contributed by atoms with Gasteiger partial charge in [-0.3, -0.25) is 14.7 Å². The van der Waals surface area contributed by atoms with Crippen molar-refractivity contribution >= 4 is 35.3 Å². The van der Waals surface area contributed by atoms with Crippen LogP contribution in [0.25, 0.3) is 0 Å². The highest BCUT2D eigenvalue weighted by molar-refractivity contribution is 7.99. The van der Waals surface area contributed by atoms with Gasteiger partial charge in [0.05, 0.1) is 10.8 Å². The fraction of sp³-hybridized carbons (Fsp3) is 0.273. The summed E-state index contributed by atoms with van der Waals surface area (Å²) in [6.07, 6.45) is 2.05. The van der Waals surface area contributed by atoms with Gasteiger partial charge in [0.15, 0.2) is 11.0 Å². The van der Waals surface area contributed by atoms with Crippen LogP contribution in [0.3, 0.4) is 0 Å². The fourth-order valence-electron chi connectivity index (χ4n) is 3.02. The van der Waals surface area contributed by atoms with E-state index in [1.54, 1.807) is 12.1 Å². The van der Waals surface area contributed by atoms with Crippen LogP contribution in [-0.2, 0) is 17.9 Å². The molecule has 2 aromatic carbocycles. The average Bonchev–Trinajstić information content (AvgIpc) is 3.56. The molecule has 3 aromatic rings. The molecule has 1 aromatic heterocycles. The van der Waals surface area contributed by atoms with E-state index in [2.05, 4.69) is 20.8 Å². The molecule has 0 atom stereocenters. The Morgan fingerprint density at radius 2 is 1.84 bits per heavy atom. The van der Waals surface area contributed by atoms with Crippen molar-refractivity contribution < 1.29 is 14.3 Å². The molecular weight excluding hydrogens is 450 g/mol. The molecule has 3 amide bonds. The lowest BCUT2D eigenvalue weighted by Gasteiger charge is -2.11. The highest BCUT2D eigenvalue weighted by atomic mass is 35.5. The summed E-state index contributed by atoms with van der Waals surface area (Å²) >= 11 is 7.39. The van der Waals surface area contributed by atoms with Crippen LogP contribution in [0.5, 0.6) is 5.75 Å². The van der Waals surface area contributed by atoms with Crippen molar-refractivity contribution in [3.05, 3.63) is 71.0 Å². The minimum Gasteiger partial charge on any atom is -0.484 e. The number of carbonyl (C=O) groups excluding carboxylic acids is 2. The summed E-state index contributed by atoms with van der Waals surface area (Å²) in [6.45, 7) is 0.569. The third-order valence-electron chi connectivity index (χ3n) is 4.72. The molecule has 0 bridgehead atoms. The molecule has 1 aliphatic carbocycles. The maximum absolute atomic E-state index is 12.2. The Balaban J connectivity index is 1.29. The van der Waals surface area contributed by atoms with Gasteiger partial charge in [-0.1, -0.05) is 65.8 Å². The van der Waals surface area contributed by atoms with Gasteiger partial charge < -0.3 is 10.1 Å². The molecule has 1 saturated carbocycles. The Morgan fingerprint density at radius 3 is 2.59 bits per heavy atom. The van der Waals surface area contributed by atoms with Gasteiger partial charge >= 0.3 is 6.03 Å². The van der Waals surface area contributed by atoms with Crippen molar-refractivity contribution in [3.8, 4) is 5.75 Å². The molecule has 0 unspecified atom stereocenters. The van der Waals surface area contributed by atoms with Crippen molar-refractivity contribution in [1.82, 2.24) is 25.4 Å². The number of ether oxygens (including phenoxy) is 1. The molecular formula is C22H22ClN5O3S. The summed E-state index contributed by atoms with van der Waals surface area (Å²) in [5.74, 6) is 0.903. The molecule has 0 spiro atoms. The molecule has 1 heterocycles. The number of urea groups is 1. The molecule has 10 heteroatoms. The van der Waals surface area contributed by atoms with Crippen molar-refractivity contribution in [2.45, 2.75) is 37.2 Å². The van der Waals surface area contributed by atoms with Crippen LogP contribution in [0, 0.1) is 0 Å². The Labute approximate surface area is 194 Å². The number of hydrogen-bond donors (Lipinski definition) is 2. The third-order valence-corrected chi connectivity index (χ3v) is 5.98. The minimum absolute atomic E-state index is 0.0506. The molecule has 4 rings (SSSR count). The SMILES string of the molecule is O=C(CSc1nnc(COc2ccccc2Cl)n1C1CC1)NC(=O)NCc1ccccc1. The van der Waals surface area contributed by atoms with Crippen LogP contribution in [0.4, 0.5) is 4.79 Å². The van der Waals surface area contributed by atoms with Crippen LogP contribution >= 0.6 is 23.4 Å². The number of nitrogens with zero attached hydrogens (tertiary/aromatic N) is 3. The smallest absolute Gasteiger partial charge is 0.321 e. The number of nitrogens with one attached hydrogen (secondary N) is 2. The summed E-state index contributed by atoms with van der Waals surface area (Å²) in [5, 5.41) is 14.6. The lowest BCUT2D eigenvalue weighted by molar-refractivity contribution is -0.117. The second-order valence-corrected chi connectivity index (χ2v) is 8.57. The third kappa shape index (κ3) is 6.02. The highest BCUT2D eigenvalue weighted by Crippen LogP contribution is 2.39. The normalized spacial score (nSPS) is 12.9. The van der Waals surface area contributed by atoms with E-state index in [0.29, 0.717) is 34.3 Å². The second-order valence-electron chi connectivity index (χ2n) is 7.22. The highest BCUT2D eigenvalue weighted by Gasteiger charge is 2.30. The lowest BCUT2D eigenvalue weighted by atomic mass is 10.2. The van der Waals surface area contributed by atoms with Gasteiger partial charge in [-0.15, -0.1) is 10.2 Å². The number of hydrogen-bond acceptors (Lipinski definition) is 6. The molecule has 1 aliphatic rings. The average molecular weight is 472 g/mol.